The summed E-state index contributed by atoms with van der Waals surface area (Å²) in [6.07, 6.45) is 3.39. The number of carbonyl (C=O) groups excluding carboxylic acids is 1. The first kappa shape index (κ1) is 20.9. The van der Waals surface area contributed by atoms with Crippen LogP contribution in [0.4, 0.5) is 5.69 Å². The van der Waals surface area contributed by atoms with Crippen molar-refractivity contribution in [1.29, 1.82) is 0 Å². The van der Waals surface area contributed by atoms with E-state index in [-0.39, 0.29) is 35.2 Å². The predicted molar refractivity (Wildman–Crippen MR) is 97.9 cm³/mol. The molecule has 0 bridgehead atoms. The lowest BCUT2D eigenvalue weighted by molar-refractivity contribution is -0.117. The molecule has 1 aliphatic carbocycles. The molecule has 0 radical (unpaired) electrons. The van der Waals surface area contributed by atoms with Crippen molar-refractivity contribution in [2.75, 3.05) is 19.4 Å². The van der Waals surface area contributed by atoms with E-state index in [0.29, 0.717) is 17.7 Å². The Kier molecular flexibility index (Phi) is 7.22. The maximum Gasteiger partial charge on any atom is 0.242 e. The number of nitrogens with two attached hydrogens (primary N) is 1. The van der Waals surface area contributed by atoms with E-state index in [1.54, 1.807) is 19.1 Å². The van der Waals surface area contributed by atoms with Crippen molar-refractivity contribution in [3.8, 4) is 0 Å². The summed E-state index contributed by atoms with van der Waals surface area (Å²) >= 11 is 0. The van der Waals surface area contributed by atoms with Crippen LogP contribution in [0.5, 0.6) is 0 Å². The Hall–Kier alpha value is -1.15. The molecule has 1 aromatic rings. The van der Waals surface area contributed by atoms with Crippen molar-refractivity contribution in [2.24, 2.45) is 11.7 Å². The molecule has 0 aliphatic heterocycles. The van der Waals surface area contributed by atoms with Crippen LogP contribution in [0.3, 0.4) is 0 Å². The lowest BCUT2D eigenvalue weighted by Crippen LogP contribution is -2.28. The van der Waals surface area contributed by atoms with E-state index < -0.39 is 10.0 Å². The van der Waals surface area contributed by atoms with Gasteiger partial charge in [-0.25, -0.2) is 12.7 Å². The second-order valence-corrected chi connectivity index (χ2v) is 8.50. The van der Waals surface area contributed by atoms with Gasteiger partial charge in [0.05, 0.1) is 4.90 Å². The van der Waals surface area contributed by atoms with Gasteiger partial charge in [-0.1, -0.05) is 12.5 Å². The number of sulfonamides is 1. The van der Waals surface area contributed by atoms with E-state index in [1.165, 1.54) is 24.5 Å². The molecule has 0 aromatic heterocycles. The summed E-state index contributed by atoms with van der Waals surface area (Å²) in [5.74, 6) is 0.0924. The zero-order valence-corrected chi connectivity index (χ0v) is 15.9. The molecule has 0 spiro atoms. The summed E-state index contributed by atoms with van der Waals surface area (Å²) < 4.78 is 25.8. The molecule has 3 N–H and O–H groups in total. The van der Waals surface area contributed by atoms with Gasteiger partial charge in [-0.2, -0.15) is 0 Å². The minimum atomic E-state index is -3.53. The maximum atomic E-state index is 12.3. The summed E-state index contributed by atoms with van der Waals surface area (Å²) in [6.45, 7) is 1.74. The smallest absolute Gasteiger partial charge is 0.242 e. The SMILES string of the molecule is Cc1ccc(NC(=O)C[C@@H]2CCC[C@H]2N)cc1S(=O)(=O)N(C)C.Cl. The van der Waals surface area contributed by atoms with E-state index in [2.05, 4.69) is 5.32 Å². The summed E-state index contributed by atoms with van der Waals surface area (Å²) in [5, 5.41) is 2.79. The molecule has 2 atom stereocenters. The van der Waals surface area contributed by atoms with Crippen LogP contribution in [0.2, 0.25) is 0 Å². The molecule has 1 amide bonds. The number of nitrogens with zero attached hydrogens (tertiary/aromatic N) is 1. The first-order chi connectivity index (χ1) is 10.7. The normalized spacial score (nSPS) is 20.7. The highest BCUT2D eigenvalue weighted by atomic mass is 35.5. The summed E-state index contributed by atoms with van der Waals surface area (Å²) in [6, 6.07) is 5.02. The highest BCUT2D eigenvalue weighted by Crippen LogP contribution is 2.28. The number of aryl methyl sites for hydroxylation is 1. The van der Waals surface area contributed by atoms with Crippen LogP contribution in [-0.4, -0.2) is 38.8 Å². The average molecular weight is 376 g/mol. The maximum absolute atomic E-state index is 12.3. The molecule has 2 rings (SSSR count). The van der Waals surface area contributed by atoms with E-state index in [0.717, 1.165) is 19.3 Å². The third-order valence-electron chi connectivity index (χ3n) is 4.40. The number of rotatable bonds is 5. The van der Waals surface area contributed by atoms with Crippen molar-refractivity contribution in [1.82, 2.24) is 4.31 Å². The third-order valence-corrected chi connectivity index (χ3v) is 6.35. The Balaban J connectivity index is 0.00000288. The van der Waals surface area contributed by atoms with Crippen LogP contribution >= 0.6 is 12.4 Å². The number of hydrogen-bond acceptors (Lipinski definition) is 4. The van der Waals surface area contributed by atoms with Gasteiger partial charge in [0.15, 0.2) is 0 Å². The lowest BCUT2D eigenvalue weighted by Gasteiger charge is -2.17. The number of amides is 1. The van der Waals surface area contributed by atoms with E-state index in [1.807, 2.05) is 0 Å². The molecule has 1 aromatic carbocycles. The van der Waals surface area contributed by atoms with Crippen LogP contribution in [0.15, 0.2) is 23.1 Å². The molecule has 1 fully saturated rings. The molecule has 1 saturated carbocycles. The largest absolute Gasteiger partial charge is 0.327 e. The predicted octanol–water partition coefficient (Wildman–Crippen LogP) is 2.12. The summed E-state index contributed by atoms with van der Waals surface area (Å²) in [5.41, 5.74) is 7.13. The lowest BCUT2D eigenvalue weighted by atomic mass is 10.00. The van der Waals surface area contributed by atoms with Gasteiger partial charge >= 0.3 is 0 Å². The van der Waals surface area contributed by atoms with Crippen LogP contribution in [0.1, 0.15) is 31.2 Å². The molecule has 8 heteroatoms. The van der Waals surface area contributed by atoms with Crippen LogP contribution in [-0.2, 0) is 14.8 Å². The Morgan fingerprint density at radius 1 is 1.33 bits per heavy atom. The fourth-order valence-electron chi connectivity index (χ4n) is 2.92. The van der Waals surface area contributed by atoms with Gasteiger partial charge in [-0.05, 0) is 43.4 Å². The van der Waals surface area contributed by atoms with Gasteiger partial charge in [0.2, 0.25) is 15.9 Å². The zero-order chi connectivity index (χ0) is 17.2. The molecule has 136 valence electrons. The number of benzene rings is 1. The zero-order valence-electron chi connectivity index (χ0n) is 14.3. The minimum Gasteiger partial charge on any atom is -0.327 e. The summed E-state index contributed by atoms with van der Waals surface area (Å²) in [7, 11) is -0.560. The van der Waals surface area contributed by atoms with Crippen LogP contribution < -0.4 is 11.1 Å². The molecule has 24 heavy (non-hydrogen) atoms. The van der Waals surface area contributed by atoms with Crippen molar-refractivity contribution < 1.29 is 13.2 Å². The highest BCUT2D eigenvalue weighted by molar-refractivity contribution is 7.89. The van der Waals surface area contributed by atoms with Crippen molar-refractivity contribution in [3.05, 3.63) is 23.8 Å². The minimum absolute atomic E-state index is 0. The number of carbonyl (C=O) groups is 1. The van der Waals surface area contributed by atoms with Crippen LogP contribution in [0.25, 0.3) is 0 Å². The molecule has 1 aliphatic rings. The van der Waals surface area contributed by atoms with Crippen molar-refractivity contribution in [2.45, 2.75) is 43.5 Å². The fourth-order valence-corrected chi connectivity index (χ4v) is 4.07. The van der Waals surface area contributed by atoms with E-state index in [4.69, 9.17) is 5.73 Å². The molecule has 0 heterocycles. The quantitative estimate of drug-likeness (QED) is 0.824. The Labute approximate surface area is 150 Å². The van der Waals surface area contributed by atoms with Gasteiger partial charge in [0.1, 0.15) is 0 Å². The standard InChI is InChI=1S/C16H25N3O3S.ClH/c1-11-7-8-13(10-15(11)23(21,22)19(2)3)18-16(20)9-12-5-4-6-14(12)17;/h7-8,10,12,14H,4-6,9,17H2,1-3H3,(H,18,20);1H/t12-,14+;/m0./s1. The number of anilines is 1. The first-order valence-electron chi connectivity index (χ1n) is 7.80. The Morgan fingerprint density at radius 2 is 2.00 bits per heavy atom. The number of halogens is 1. The monoisotopic (exact) mass is 375 g/mol. The fraction of sp³-hybridized carbons (Fsp3) is 0.562. The first-order valence-corrected chi connectivity index (χ1v) is 9.24. The van der Waals surface area contributed by atoms with E-state index in [9.17, 15) is 13.2 Å². The topological polar surface area (TPSA) is 92.5 Å². The molecule has 6 nitrogen and oxygen atoms in total. The van der Waals surface area contributed by atoms with Gasteiger partial charge in [-0.3, -0.25) is 4.79 Å². The van der Waals surface area contributed by atoms with Gasteiger partial charge in [0.25, 0.3) is 0 Å². The van der Waals surface area contributed by atoms with E-state index >= 15 is 0 Å². The van der Waals surface area contributed by atoms with Crippen molar-refractivity contribution >= 4 is 34.0 Å². The number of hydrogen-bond donors (Lipinski definition) is 2. The molecule has 0 unspecified atom stereocenters. The van der Waals surface area contributed by atoms with Gasteiger partial charge in [-0.15, -0.1) is 12.4 Å². The summed E-state index contributed by atoms with van der Waals surface area (Å²) in [4.78, 5) is 12.4. The van der Waals surface area contributed by atoms with Crippen molar-refractivity contribution in [3.63, 3.8) is 0 Å². The van der Waals surface area contributed by atoms with Gasteiger partial charge in [0, 0.05) is 32.2 Å². The average Bonchev–Trinajstić information content (AvgIpc) is 2.86. The molecule has 0 saturated heterocycles. The second kappa shape index (κ2) is 8.29. The Bertz CT molecular complexity index is 692. The number of nitrogens with one attached hydrogen (secondary N) is 1. The molecular formula is C16H26ClN3O3S. The highest BCUT2D eigenvalue weighted by Gasteiger charge is 2.26. The van der Waals surface area contributed by atoms with Gasteiger partial charge < -0.3 is 11.1 Å². The molecular weight excluding hydrogens is 350 g/mol. The Morgan fingerprint density at radius 3 is 2.54 bits per heavy atom. The van der Waals surface area contributed by atoms with Crippen LogP contribution in [0, 0.1) is 12.8 Å². The third kappa shape index (κ3) is 4.69. The second-order valence-electron chi connectivity index (χ2n) is 6.37.